The summed E-state index contributed by atoms with van der Waals surface area (Å²) in [5.74, 6) is 8.46. The van der Waals surface area contributed by atoms with Crippen molar-refractivity contribution in [2.24, 2.45) is 64.9 Å². The van der Waals surface area contributed by atoms with Crippen LogP contribution in [0, 0.1) is 59.2 Å². The zero-order valence-corrected chi connectivity index (χ0v) is 96.1. The number of nitrogens with zero attached hydrogens (tertiary/aromatic N) is 5. The molecule has 9 fully saturated rings. The van der Waals surface area contributed by atoms with Crippen LogP contribution in [0.3, 0.4) is 0 Å². The lowest BCUT2D eigenvalue weighted by molar-refractivity contribution is -0.119. The van der Waals surface area contributed by atoms with E-state index in [0.717, 1.165) is 142 Å². The van der Waals surface area contributed by atoms with Crippen LogP contribution in [0.2, 0.25) is 0 Å². The summed E-state index contributed by atoms with van der Waals surface area (Å²) in [6, 6.07) is 3.98. The van der Waals surface area contributed by atoms with Gasteiger partial charge in [-0.1, -0.05) is 307 Å². The molecule has 0 saturated carbocycles. The molecule has 794 valence electrons. The van der Waals surface area contributed by atoms with Crippen molar-refractivity contribution in [3.8, 4) is 0 Å². The number of primary amides is 1. The average molecular weight is 1860 g/mol. The van der Waals surface area contributed by atoms with Crippen LogP contribution in [0.5, 0.6) is 0 Å². The number of carbonyl (C=O) groups is 2. The quantitative estimate of drug-likeness (QED) is 0.0329. The van der Waals surface area contributed by atoms with E-state index in [1.54, 1.807) is 6.92 Å². The molecule has 0 aliphatic carbocycles. The smallest absolute Gasteiger partial charge is 0.404 e. The number of likely N-dealkylation sites (tertiary alicyclic amines) is 5. The number of hydrogen-bond acceptors (Lipinski definition) is 16. The van der Waals surface area contributed by atoms with Crippen molar-refractivity contribution in [2.75, 3.05) is 164 Å². The van der Waals surface area contributed by atoms with Crippen LogP contribution in [-0.4, -0.2) is 248 Å². The number of aliphatic hydroxyl groups excluding tert-OH is 1. The van der Waals surface area contributed by atoms with Crippen molar-refractivity contribution < 1.29 is 24.2 Å². The van der Waals surface area contributed by atoms with Crippen molar-refractivity contribution in [3.63, 3.8) is 0 Å². The van der Waals surface area contributed by atoms with E-state index in [2.05, 4.69) is 318 Å². The SMILES string of the molecule is CC(=O)N[C@@H]1CCN(CCC(C)C)C1.CC(C)C1CNC1.CC(C)CCN1CCCC1.CC(C)CCN1CCC[C@@H]1CO.CC(C)CCN1CC[C@@H](OC(N)=O)C1.CC(C)CCNC1CCN(C)CC1.CC(C)CCNC1CCNCC1.CC(C)CCNC1CCOCC1.CC(C)C[C@H]1CCCN1.CCC.CCC.CCC.CCC.CCC.CCC.CCC.CCC.CCC. The molecule has 9 aliphatic rings. The number of aliphatic hydroxyl groups is 1. The minimum atomic E-state index is -0.652. The van der Waals surface area contributed by atoms with Crippen LogP contribution in [0.25, 0.3) is 0 Å². The van der Waals surface area contributed by atoms with Crippen molar-refractivity contribution in [2.45, 2.75) is 498 Å². The van der Waals surface area contributed by atoms with Crippen molar-refractivity contribution >= 4 is 12.0 Å². The Hall–Kier alpha value is -1.78. The summed E-state index contributed by atoms with van der Waals surface area (Å²) in [7, 11) is 2.21. The van der Waals surface area contributed by atoms with Gasteiger partial charge in [0.15, 0.2) is 0 Å². The second kappa shape index (κ2) is 113. The molecule has 0 bridgehead atoms. The lowest BCUT2D eigenvalue weighted by atomic mass is 9.91. The van der Waals surface area contributed by atoms with Crippen LogP contribution >= 0.6 is 0 Å². The van der Waals surface area contributed by atoms with E-state index in [4.69, 9.17) is 20.3 Å². The Labute approximate surface area is 820 Å². The maximum atomic E-state index is 10.8. The van der Waals surface area contributed by atoms with Gasteiger partial charge in [0.05, 0.1) is 6.61 Å². The number of piperidine rings is 2. The van der Waals surface area contributed by atoms with E-state index in [1.807, 2.05) is 0 Å². The predicted molar refractivity (Wildman–Crippen MR) is 587 cm³/mol. The summed E-state index contributed by atoms with van der Waals surface area (Å²) in [4.78, 5) is 33.6. The second-order valence-electron chi connectivity index (χ2n) is 42.3. The molecule has 9 heterocycles. The molecule has 9 rings (SSSR count). The first-order valence-electron chi connectivity index (χ1n) is 56.1. The Bertz CT molecular complexity index is 1960. The Balaban J connectivity index is -0.000000175. The van der Waals surface area contributed by atoms with Crippen molar-refractivity contribution in [3.05, 3.63) is 0 Å². The highest BCUT2D eigenvalue weighted by Gasteiger charge is 2.27. The van der Waals surface area contributed by atoms with E-state index in [-0.39, 0.29) is 12.0 Å². The summed E-state index contributed by atoms with van der Waals surface area (Å²) < 4.78 is 10.2. The summed E-state index contributed by atoms with van der Waals surface area (Å²) in [6.45, 7) is 108. The van der Waals surface area contributed by atoms with Crippen molar-refractivity contribution in [1.82, 2.24) is 61.7 Å². The van der Waals surface area contributed by atoms with Gasteiger partial charge in [0.1, 0.15) is 6.10 Å². The van der Waals surface area contributed by atoms with Gasteiger partial charge in [-0.25, -0.2) is 4.79 Å². The van der Waals surface area contributed by atoms with Gasteiger partial charge in [-0.15, -0.1) is 0 Å². The molecule has 0 aromatic carbocycles. The molecular formula is C112H251N13O5. The predicted octanol–water partition coefficient (Wildman–Crippen LogP) is 26.3. The highest BCUT2D eigenvalue weighted by Crippen LogP contribution is 2.20. The lowest BCUT2D eigenvalue weighted by Gasteiger charge is -2.30. The third-order valence-electron chi connectivity index (χ3n) is 21.6. The maximum absolute atomic E-state index is 10.8. The van der Waals surface area contributed by atoms with E-state index < -0.39 is 6.09 Å². The molecule has 130 heavy (non-hydrogen) atoms. The lowest BCUT2D eigenvalue weighted by Crippen LogP contribution is -2.44. The number of amides is 2. The number of nitrogens with one attached hydrogen (secondary N) is 7. The fourth-order valence-corrected chi connectivity index (χ4v) is 14.0. The first-order valence-corrected chi connectivity index (χ1v) is 56.1. The molecular weight excluding hydrogens is 1610 g/mol. The number of carbonyl (C=O) groups excluding carboxylic acids is 2. The molecule has 9 aliphatic heterocycles. The topological polar surface area (TPSA) is 199 Å². The second-order valence-corrected chi connectivity index (χ2v) is 42.3. The molecule has 0 aromatic heterocycles. The first kappa shape index (κ1) is 146. The summed E-state index contributed by atoms with van der Waals surface area (Å²) >= 11 is 0. The summed E-state index contributed by atoms with van der Waals surface area (Å²) in [6.07, 6.45) is 38.7. The fourth-order valence-electron chi connectivity index (χ4n) is 14.0. The van der Waals surface area contributed by atoms with Gasteiger partial charge in [-0.3, -0.25) is 14.6 Å². The Morgan fingerprint density at radius 2 is 0.769 bits per heavy atom. The van der Waals surface area contributed by atoms with Crippen LogP contribution in [0.15, 0.2) is 0 Å². The van der Waals surface area contributed by atoms with Crippen molar-refractivity contribution in [1.29, 1.82) is 0 Å². The Morgan fingerprint density at radius 3 is 1.11 bits per heavy atom. The largest absolute Gasteiger partial charge is 0.445 e. The molecule has 0 aromatic rings. The minimum absolute atomic E-state index is 0.0136. The zero-order chi connectivity index (χ0) is 101. The molecule has 18 heteroatoms. The average Bonchev–Trinajstić information content (AvgIpc) is 1.59. The summed E-state index contributed by atoms with van der Waals surface area (Å²) in [5, 5.41) is 33.0. The normalized spacial score (nSPS) is 19.1. The van der Waals surface area contributed by atoms with Gasteiger partial charge >= 0.3 is 6.09 Å². The van der Waals surface area contributed by atoms with Crippen LogP contribution in [-0.2, 0) is 14.3 Å². The summed E-state index contributed by atoms with van der Waals surface area (Å²) in [5.41, 5.74) is 4.96. The Kier molecular flexibility index (Phi) is 126. The number of ether oxygens (including phenoxy) is 2. The highest BCUT2D eigenvalue weighted by molar-refractivity contribution is 5.73. The molecule has 10 N–H and O–H groups in total. The first-order chi connectivity index (χ1) is 61.8. The number of rotatable bonds is 30. The van der Waals surface area contributed by atoms with E-state index in [1.165, 1.54) is 291 Å². The van der Waals surface area contributed by atoms with E-state index in [0.29, 0.717) is 18.7 Å². The zero-order valence-electron chi connectivity index (χ0n) is 96.1. The Morgan fingerprint density at radius 1 is 0.400 bits per heavy atom. The highest BCUT2D eigenvalue weighted by atomic mass is 16.6. The van der Waals surface area contributed by atoms with Gasteiger partial charge in [0.2, 0.25) is 5.91 Å². The molecule has 0 unspecified atom stereocenters. The molecule has 0 radical (unpaired) electrons. The molecule has 0 spiro atoms. The minimum Gasteiger partial charge on any atom is -0.445 e. The third-order valence-corrected chi connectivity index (χ3v) is 21.6. The third kappa shape index (κ3) is 120. The molecule has 4 atom stereocenters. The standard InChI is InChI=1S/C11H22N2O.C11H24N2.C10H20N2O2.C10H22N2.2C10H21NO.C9H19N.C8H17N.C6H13N.9C3H8/c1-9(2)4-6-13-7-5-11(8-13)12-10(3)14;1-10(2)4-7-12-11-5-8-13(3)9-6-11;1-8(2)3-5-12-6-4-9(7-12)14-10(11)13;1-9(2)3-8-12-10-4-6-11-7-5-10;1-9(2)3-6-11-10-4-7-12-8-5-10;1-9(2)5-7-11-6-3-4-10(11)8-12;1-9(2)5-8-10-6-3-4-7-10;1-7(2)6-8-4-3-5-9-8;1-5(2)6-3-7-4-6;9*1-3-2/h9,11H,4-8H2,1-3H3,(H,12,14);10-12H,4-9H2,1-3H3;8-9H,3-7H2,1-2H3,(H2,11,13);9-12H,3-8H2,1-2H3;9-11H,3-8H2,1-2H3;9-10,12H,3-8H2,1-2H3;9H,3-8H2,1-2H3;7-9H,3-6H2,1-2H3;5-7H,3-4H2,1-2H3;9*3H2,1-2H3/t11-;;9-;;;10-;;8-;;;;;;;;;;/m1.1..1.1........../s1. The van der Waals surface area contributed by atoms with Gasteiger partial charge in [-0.05, 0) is 319 Å². The van der Waals surface area contributed by atoms with Crippen LogP contribution in [0.4, 0.5) is 4.79 Å². The van der Waals surface area contributed by atoms with E-state index in [9.17, 15) is 9.59 Å². The molecule has 18 nitrogen and oxygen atoms in total. The van der Waals surface area contributed by atoms with Crippen LogP contribution < -0.4 is 43.0 Å². The molecule has 2 amide bonds. The maximum Gasteiger partial charge on any atom is 0.404 e. The van der Waals surface area contributed by atoms with Gasteiger partial charge < -0.3 is 72.2 Å². The number of hydrogen-bond donors (Lipinski definition) is 9. The van der Waals surface area contributed by atoms with Gasteiger partial charge in [0, 0.05) is 82.6 Å². The van der Waals surface area contributed by atoms with Gasteiger partial charge in [0.25, 0.3) is 0 Å². The molecule has 9 saturated heterocycles. The number of nitrogens with two attached hydrogens (primary N) is 1. The van der Waals surface area contributed by atoms with E-state index >= 15 is 0 Å². The fraction of sp³-hybridized carbons (Fsp3) is 0.982. The van der Waals surface area contributed by atoms with Gasteiger partial charge in [-0.2, -0.15) is 0 Å². The van der Waals surface area contributed by atoms with Crippen LogP contribution in [0.1, 0.15) is 455 Å². The monoisotopic (exact) mass is 1860 g/mol.